The van der Waals surface area contributed by atoms with Crippen molar-refractivity contribution in [3.63, 3.8) is 0 Å². The maximum absolute atomic E-state index is 10.2. The molecule has 96 valence electrons. The van der Waals surface area contributed by atoms with Crippen LogP contribution in [0, 0.1) is 0 Å². The molecule has 0 saturated carbocycles. The fraction of sp³-hybridized carbons (Fsp3) is 0.571. The molecule has 0 bridgehead atoms. The van der Waals surface area contributed by atoms with Crippen LogP contribution in [0.2, 0.25) is 0 Å². The van der Waals surface area contributed by atoms with Gasteiger partial charge < -0.3 is 5.11 Å². The Morgan fingerprint density at radius 2 is 2.06 bits per heavy atom. The van der Waals surface area contributed by atoms with E-state index in [9.17, 15) is 5.11 Å². The van der Waals surface area contributed by atoms with Gasteiger partial charge in [0.25, 0.3) is 0 Å². The number of hydrogen-bond donors (Lipinski definition) is 1. The highest BCUT2D eigenvalue weighted by Crippen LogP contribution is 2.29. The zero-order valence-electron chi connectivity index (χ0n) is 10.8. The van der Waals surface area contributed by atoms with Crippen molar-refractivity contribution >= 4 is 32.8 Å². The molecule has 1 aromatic rings. The Balaban J connectivity index is 2.54. The van der Waals surface area contributed by atoms with E-state index in [0.29, 0.717) is 0 Å². The van der Waals surface area contributed by atoms with E-state index in [4.69, 9.17) is 0 Å². The van der Waals surface area contributed by atoms with E-state index in [-0.39, 0.29) is 0 Å². The van der Waals surface area contributed by atoms with Crippen LogP contribution in [0.4, 0.5) is 0 Å². The molecule has 0 aliphatic heterocycles. The molecule has 0 fully saturated rings. The van der Waals surface area contributed by atoms with Crippen LogP contribution < -0.4 is 0 Å². The van der Waals surface area contributed by atoms with Gasteiger partial charge in [0, 0.05) is 4.88 Å². The Morgan fingerprint density at radius 3 is 2.53 bits per heavy atom. The van der Waals surface area contributed by atoms with E-state index in [2.05, 4.69) is 54.9 Å². The lowest BCUT2D eigenvalue weighted by atomic mass is 9.91. The van der Waals surface area contributed by atoms with Crippen LogP contribution >= 0.6 is 27.3 Å². The first-order chi connectivity index (χ1) is 8.00. The highest BCUT2D eigenvalue weighted by atomic mass is 79.9. The number of aliphatic hydroxyl groups is 1. The van der Waals surface area contributed by atoms with Crippen molar-refractivity contribution in [1.82, 2.24) is 0 Å². The second-order valence-corrected chi connectivity index (χ2v) is 6.92. The van der Waals surface area contributed by atoms with Gasteiger partial charge in [0.05, 0.1) is 9.39 Å². The largest absolute Gasteiger partial charge is 0.390 e. The molecule has 0 unspecified atom stereocenters. The molecular formula is C14H21BrOS. The molecule has 0 atom stereocenters. The summed E-state index contributed by atoms with van der Waals surface area (Å²) < 4.78 is 1.17. The molecule has 0 aromatic carbocycles. The third-order valence-corrected chi connectivity index (χ3v) is 5.10. The summed E-state index contributed by atoms with van der Waals surface area (Å²) in [7, 11) is 0. The predicted octanol–water partition coefficient (Wildman–Crippen LogP) is 5.25. The number of allylic oxidation sites excluding steroid dienone is 2. The molecular weight excluding hydrogens is 296 g/mol. The minimum absolute atomic E-state index is 0.479. The van der Waals surface area contributed by atoms with Crippen molar-refractivity contribution < 1.29 is 5.11 Å². The minimum Gasteiger partial charge on any atom is -0.390 e. The molecule has 0 radical (unpaired) electrons. The molecule has 17 heavy (non-hydrogen) atoms. The van der Waals surface area contributed by atoms with Gasteiger partial charge in [-0.05, 0) is 66.2 Å². The summed E-state index contributed by atoms with van der Waals surface area (Å²) in [4.78, 5) is 1.30. The van der Waals surface area contributed by atoms with Crippen molar-refractivity contribution in [2.45, 2.75) is 52.1 Å². The maximum atomic E-state index is 10.2. The lowest BCUT2D eigenvalue weighted by Crippen LogP contribution is -2.25. The lowest BCUT2D eigenvalue weighted by molar-refractivity contribution is 0.0246. The molecule has 0 aliphatic carbocycles. The Morgan fingerprint density at radius 1 is 1.41 bits per heavy atom. The molecule has 1 heterocycles. The van der Waals surface area contributed by atoms with Crippen molar-refractivity contribution in [3.05, 3.63) is 26.9 Å². The van der Waals surface area contributed by atoms with Crippen molar-refractivity contribution in [3.8, 4) is 0 Å². The normalized spacial score (nSPS) is 13.1. The van der Waals surface area contributed by atoms with Crippen LogP contribution in [0.15, 0.2) is 22.0 Å². The highest BCUT2D eigenvalue weighted by molar-refractivity contribution is 9.11. The van der Waals surface area contributed by atoms with Crippen LogP contribution in [-0.2, 0) is 0 Å². The van der Waals surface area contributed by atoms with Crippen LogP contribution in [0.1, 0.15) is 51.3 Å². The SMILES string of the molecule is CCC(O)(CC)CC/C=C(/C)c1ccc(Br)s1. The quantitative estimate of drug-likeness (QED) is 0.760. The van der Waals surface area contributed by atoms with Crippen LogP contribution in [0.5, 0.6) is 0 Å². The third kappa shape index (κ3) is 4.57. The molecule has 0 spiro atoms. The predicted molar refractivity (Wildman–Crippen MR) is 80.4 cm³/mol. The van der Waals surface area contributed by atoms with Crippen LogP contribution in [0.25, 0.3) is 5.57 Å². The highest BCUT2D eigenvalue weighted by Gasteiger charge is 2.20. The molecule has 1 aromatic heterocycles. The second-order valence-electron chi connectivity index (χ2n) is 4.46. The zero-order valence-corrected chi connectivity index (χ0v) is 13.2. The van der Waals surface area contributed by atoms with E-state index in [1.165, 1.54) is 14.2 Å². The van der Waals surface area contributed by atoms with E-state index in [1.54, 1.807) is 11.3 Å². The first-order valence-electron chi connectivity index (χ1n) is 6.15. The molecule has 0 amide bonds. The van der Waals surface area contributed by atoms with E-state index >= 15 is 0 Å². The van der Waals surface area contributed by atoms with Crippen molar-refractivity contribution in [2.24, 2.45) is 0 Å². The molecule has 1 N–H and O–H groups in total. The summed E-state index contributed by atoms with van der Waals surface area (Å²) in [6, 6.07) is 4.21. The number of halogens is 1. The molecule has 3 heteroatoms. The number of thiophene rings is 1. The Hall–Kier alpha value is -0.120. The molecule has 0 saturated heterocycles. The molecule has 1 nitrogen and oxygen atoms in total. The fourth-order valence-corrected chi connectivity index (χ4v) is 3.17. The monoisotopic (exact) mass is 316 g/mol. The number of hydrogen-bond acceptors (Lipinski definition) is 2. The summed E-state index contributed by atoms with van der Waals surface area (Å²) in [6.45, 7) is 6.24. The van der Waals surface area contributed by atoms with Crippen molar-refractivity contribution in [2.75, 3.05) is 0 Å². The van der Waals surface area contributed by atoms with Gasteiger partial charge in [-0.25, -0.2) is 0 Å². The average molecular weight is 317 g/mol. The van der Waals surface area contributed by atoms with Gasteiger partial charge in [0.1, 0.15) is 0 Å². The van der Waals surface area contributed by atoms with Crippen molar-refractivity contribution in [1.29, 1.82) is 0 Å². The van der Waals surface area contributed by atoms with Gasteiger partial charge in [0.15, 0.2) is 0 Å². The summed E-state index contributed by atoms with van der Waals surface area (Å²) in [5.41, 5.74) is 0.822. The topological polar surface area (TPSA) is 20.2 Å². The van der Waals surface area contributed by atoms with E-state index in [0.717, 1.165) is 25.7 Å². The zero-order chi connectivity index (χ0) is 12.9. The summed E-state index contributed by atoms with van der Waals surface area (Å²) in [6.07, 6.45) is 5.69. The second kappa shape index (κ2) is 6.72. The summed E-state index contributed by atoms with van der Waals surface area (Å²) >= 11 is 5.23. The van der Waals surface area contributed by atoms with Gasteiger partial charge in [0.2, 0.25) is 0 Å². The van der Waals surface area contributed by atoms with Gasteiger partial charge in [-0.2, -0.15) is 0 Å². The smallest absolute Gasteiger partial charge is 0.0704 e. The summed E-state index contributed by atoms with van der Waals surface area (Å²) in [5.74, 6) is 0. The van der Waals surface area contributed by atoms with Gasteiger partial charge in [-0.3, -0.25) is 0 Å². The van der Waals surface area contributed by atoms with E-state index in [1.807, 2.05) is 0 Å². The Kier molecular flexibility index (Phi) is 5.90. The van der Waals surface area contributed by atoms with Gasteiger partial charge >= 0.3 is 0 Å². The molecule has 1 rings (SSSR count). The third-order valence-electron chi connectivity index (χ3n) is 3.34. The minimum atomic E-state index is -0.479. The lowest BCUT2D eigenvalue weighted by Gasteiger charge is -2.24. The fourth-order valence-electron chi connectivity index (χ4n) is 1.79. The molecule has 0 aliphatic rings. The van der Waals surface area contributed by atoms with Gasteiger partial charge in [-0.1, -0.05) is 19.9 Å². The van der Waals surface area contributed by atoms with Crippen LogP contribution in [0.3, 0.4) is 0 Å². The van der Waals surface area contributed by atoms with Gasteiger partial charge in [-0.15, -0.1) is 11.3 Å². The average Bonchev–Trinajstić information content (AvgIpc) is 2.75. The number of rotatable bonds is 6. The maximum Gasteiger partial charge on any atom is 0.0704 e. The Bertz CT molecular complexity index is 377. The Labute approximate surface area is 117 Å². The summed E-state index contributed by atoms with van der Waals surface area (Å²) in [5, 5.41) is 10.2. The van der Waals surface area contributed by atoms with Crippen LogP contribution in [-0.4, -0.2) is 10.7 Å². The standard InChI is InChI=1S/C14H21BrOS/c1-4-14(16,5-2)10-6-7-11(3)12-8-9-13(15)17-12/h7-9,16H,4-6,10H2,1-3H3/b11-7-. The first-order valence-corrected chi connectivity index (χ1v) is 7.76. The first kappa shape index (κ1) is 14.9. The van der Waals surface area contributed by atoms with E-state index < -0.39 is 5.60 Å².